The maximum absolute atomic E-state index is 12.2. The Hall–Kier alpha value is -0.570. The molecule has 0 radical (unpaired) electrons. The van der Waals surface area contributed by atoms with Crippen molar-refractivity contribution < 1.29 is 9.53 Å². The second-order valence-electron chi connectivity index (χ2n) is 5.90. The molecular weight excluding hydrogens is 202 g/mol. The van der Waals surface area contributed by atoms with Crippen molar-refractivity contribution in [2.24, 2.45) is 11.1 Å². The molecule has 1 aliphatic rings. The number of carbonyl (C=O) groups excluding carboxylic acids is 1. The zero-order valence-corrected chi connectivity index (χ0v) is 10.8. The van der Waals surface area contributed by atoms with Crippen LogP contribution in [0.4, 0.5) is 0 Å². The smallest absolute Gasteiger partial charge is 0.313 e. The number of hydrogen-bond donors (Lipinski definition) is 1. The lowest BCUT2D eigenvalue weighted by Gasteiger charge is -2.32. The first-order valence-corrected chi connectivity index (χ1v) is 6.33. The summed E-state index contributed by atoms with van der Waals surface area (Å²) in [6.45, 7) is 6.14. The second-order valence-corrected chi connectivity index (χ2v) is 5.90. The van der Waals surface area contributed by atoms with Crippen LogP contribution in [0.25, 0.3) is 0 Å². The Bertz CT molecular complexity index is 235. The summed E-state index contributed by atoms with van der Waals surface area (Å²) in [5, 5.41) is 0. The lowest BCUT2D eigenvalue weighted by molar-refractivity contribution is -0.168. The number of hydrogen-bond acceptors (Lipinski definition) is 3. The lowest BCUT2D eigenvalue weighted by Crippen LogP contribution is -2.42. The van der Waals surface area contributed by atoms with Gasteiger partial charge >= 0.3 is 5.97 Å². The number of nitrogens with two attached hydrogens (primary N) is 1. The summed E-state index contributed by atoms with van der Waals surface area (Å²) in [5.41, 5.74) is 5.00. The number of ether oxygens (including phenoxy) is 1. The van der Waals surface area contributed by atoms with E-state index >= 15 is 0 Å². The molecule has 0 unspecified atom stereocenters. The third-order valence-corrected chi connectivity index (χ3v) is 3.28. The fourth-order valence-electron chi connectivity index (χ4n) is 2.28. The minimum atomic E-state index is -0.413. The van der Waals surface area contributed by atoms with E-state index in [0.29, 0.717) is 6.54 Å². The third kappa shape index (κ3) is 3.48. The van der Waals surface area contributed by atoms with Crippen LogP contribution in [0, 0.1) is 5.41 Å². The molecule has 0 heterocycles. The highest BCUT2D eigenvalue weighted by Gasteiger charge is 2.40. The van der Waals surface area contributed by atoms with Gasteiger partial charge in [0.15, 0.2) is 0 Å². The standard InChI is InChI=1S/C13H25NO2/c1-12(2,3)16-11(15)13(10-14)8-6-4-5-7-9-13/h4-10,14H2,1-3H3. The van der Waals surface area contributed by atoms with Crippen LogP contribution in [0.5, 0.6) is 0 Å². The van der Waals surface area contributed by atoms with Gasteiger partial charge in [-0.15, -0.1) is 0 Å². The molecular formula is C13H25NO2. The van der Waals surface area contributed by atoms with E-state index in [4.69, 9.17) is 10.5 Å². The normalized spacial score (nSPS) is 21.2. The minimum Gasteiger partial charge on any atom is -0.460 e. The topological polar surface area (TPSA) is 52.3 Å². The van der Waals surface area contributed by atoms with Crippen LogP contribution in [0.2, 0.25) is 0 Å². The van der Waals surface area contributed by atoms with Crippen LogP contribution in [0.15, 0.2) is 0 Å². The quantitative estimate of drug-likeness (QED) is 0.583. The molecule has 0 aromatic carbocycles. The van der Waals surface area contributed by atoms with E-state index in [1.54, 1.807) is 0 Å². The Morgan fingerprint density at radius 3 is 2.06 bits per heavy atom. The van der Waals surface area contributed by atoms with Crippen molar-refractivity contribution in [2.75, 3.05) is 6.54 Å². The van der Waals surface area contributed by atoms with Gasteiger partial charge in [-0.2, -0.15) is 0 Å². The van der Waals surface area contributed by atoms with Crippen LogP contribution in [0.1, 0.15) is 59.3 Å². The maximum Gasteiger partial charge on any atom is 0.313 e. The van der Waals surface area contributed by atoms with E-state index in [1.165, 1.54) is 12.8 Å². The summed E-state index contributed by atoms with van der Waals surface area (Å²) in [6.07, 6.45) is 6.39. The van der Waals surface area contributed by atoms with Gasteiger partial charge in [-0.05, 0) is 33.6 Å². The fraction of sp³-hybridized carbons (Fsp3) is 0.923. The molecule has 1 rings (SSSR count). The molecule has 0 aromatic rings. The zero-order valence-electron chi connectivity index (χ0n) is 10.8. The fourth-order valence-corrected chi connectivity index (χ4v) is 2.28. The van der Waals surface area contributed by atoms with Crippen LogP contribution in [-0.4, -0.2) is 18.1 Å². The monoisotopic (exact) mass is 227 g/mol. The molecule has 0 aromatic heterocycles. The number of rotatable bonds is 2. The van der Waals surface area contributed by atoms with E-state index in [0.717, 1.165) is 25.7 Å². The molecule has 0 amide bonds. The Morgan fingerprint density at radius 1 is 1.19 bits per heavy atom. The van der Waals surface area contributed by atoms with Crippen LogP contribution < -0.4 is 5.73 Å². The maximum atomic E-state index is 12.2. The van der Waals surface area contributed by atoms with E-state index in [1.807, 2.05) is 20.8 Å². The first-order valence-electron chi connectivity index (χ1n) is 6.33. The molecule has 94 valence electrons. The van der Waals surface area contributed by atoms with E-state index in [2.05, 4.69) is 0 Å². The van der Waals surface area contributed by atoms with Gasteiger partial charge in [-0.1, -0.05) is 25.7 Å². The van der Waals surface area contributed by atoms with Gasteiger partial charge in [0.25, 0.3) is 0 Å². The van der Waals surface area contributed by atoms with Gasteiger partial charge in [0.2, 0.25) is 0 Å². The Kier molecular flexibility index (Phi) is 4.36. The zero-order chi connectivity index (χ0) is 12.2. The van der Waals surface area contributed by atoms with Gasteiger partial charge in [-0.3, -0.25) is 4.79 Å². The van der Waals surface area contributed by atoms with Crippen molar-refractivity contribution >= 4 is 5.97 Å². The molecule has 3 heteroatoms. The summed E-state index contributed by atoms with van der Waals surface area (Å²) in [5.74, 6) is -0.0931. The van der Waals surface area contributed by atoms with Crippen molar-refractivity contribution in [1.29, 1.82) is 0 Å². The molecule has 2 N–H and O–H groups in total. The minimum absolute atomic E-state index is 0.0931. The average molecular weight is 227 g/mol. The predicted molar refractivity (Wildman–Crippen MR) is 65.0 cm³/mol. The molecule has 1 saturated carbocycles. The molecule has 0 spiro atoms. The highest BCUT2D eigenvalue weighted by molar-refractivity contribution is 5.77. The van der Waals surface area contributed by atoms with Crippen molar-refractivity contribution in [3.63, 3.8) is 0 Å². The number of carbonyl (C=O) groups is 1. The highest BCUT2D eigenvalue weighted by atomic mass is 16.6. The highest BCUT2D eigenvalue weighted by Crippen LogP contribution is 2.36. The van der Waals surface area contributed by atoms with Crippen molar-refractivity contribution in [3.8, 4) is 0 Å². The summed E-state index contributed by atoms with van der Waals surface area (Å²) in [6, 6.07) is 0. The summed E-state index contributed by atoms with van der Waals surface area (Å²) in [4.78, 5) is 12.2. The van der Waals surface area contributed by atoms with Gasteiger partial charge in [-0.25, -0.2) is 0 Å². The van der Waals surface area contributed by atoms with E-state index in [9.17, 15) is 4.79 Å². The van der Waals surface area contributed by atoms with Gasteiger partial charge < -0.3 is 10.5 Å². The van der Waals surface area contributed by atoms with E-state index < -0.39 is 11.0 Å². The number of esters is 1. The van der Waals surface area contributed by atoms with Gasteiger partial charge in [0.1, 0.15) is 5.60 Å². The predicted octanol–water partition coefficient (Wildman–Crippen LogP) is 2.63. The van der Waals surface area contributed by atoms with Gasteiger partial charge in [0, 0.05) is 6.54 Å². The molecule has 0 saturated heterocycles. The molecule has 0 aliphatic heterocycles. The average Bonchev–Trinajstić information content (AvgIpc) is 2.40. The second kappa shape index (κ2) is 5.17. The van der Waals surface area contributed by atoms with Gasteiger partial charge in [0.05, 0.1) is 5.41 Å². The summed E-state index contributed by atoms with van der Waals surface area (Å²) in [7, 11) is 0. The summed E-state index contributed by atoms with van der Waals surface area (Å²) >= 11 is 0. The first-order chi connectivity index (χ1) is 7.40. The Morgan fingerprint density at radius 2 is 1.69 bits per heavy atom. The van der Waals surface area contributed by atoms with Crippen LogP contribution >= 0.6 is 0 Å². The first kappa shape index (κ1) is 13.5. The van der Waals surface area contributed by atoms with Crippen molar-refractivity contribution in [1.82, 2.24) is 0 Å². The van der Waals surface area contributed by atoms with Crippen LogP contribution in [0.3, 0.4) is 0 Å². The van der Waals surface area contributed by atoms with Crippen LogP contribution in [-0.2, 0) is 9.53 Å². The Labute approximate surface area is 98.7 Å². The molecule has 3 nitrogen and oxygen atoms in total. The SMILES string of the molecule is CC(C)(C)OC(=O)C1(CN)CCCCCC1. The summed E-state index contributed by atoms with van der Waals surface area (Å²) < 4.78 is 5.51. The molecule has 1 fully saturated rings. The molecule has 0 atom stereocenters. The molecule has 16 heavy (non-hydrogen) atoms. The van der Waals surface area contributed by atoms with E-state index in [-0.39, 0.29) is 5.97 Å². The van der Waals surface area contributed by atoms with Crippen molar-refractivity contribution in [2.45, 2.75) is 64.9 Å². The molecule has 0 bridgehead atoms. The third-order valence-electron chi connectivity index (χ3n) is 3.28. The Balaban J connectivity index is 2.73. The molecule has 1 aliphatic carbocycles. The lowest BCUT2D eigenvalue weighted by atomic mass is 9.80. The van der Waals surface area contributed by atoms with Crippen molar-refractivity contribution in [3.05, 3.63) is 0 Å². The largest absolute Gasteiger partial charge is 0.460 e.